The van der Waals surface area contributed by atoms with Crippen molar-refractivity contribution in [1.82, 2.24) is 0 Å². The van der Waals surface area contributed by atoms with Gasteiger partial charge in [-0.05, 0) is 22.9 Å². The molecule has 0 aromatic heterocycles. The van der Waals surface area contributed by atoms with Crippen LogP contribution in [0.2, 0.25) is 5.02 Å². The van der Waals surface area contributed by atoms with Crippen molar-refractivity contribution in [2.45, 2.75) is 0 Å². The van der Waals surface area contributed by atoms with Crippen LogP contribution in [0.5, 0.6) is 17.2 Å². The van der Waals surface area contributed by atoms with Crippen LogP contribution in [0.25, 0.3) is 10.8 Å². The SMILES string of the molecule is COc1cc(NC(=O)c2cc3ccccc3cc2OC)c(OC)cc1Cl. The van der Waals surface area contributed by atoms with Crippen molar-refractivity contribution in [3.8, 4) is 17.2 Å². The molecule has 0 saturated heterocycles. The Kier molecular flexibility index (Phi) is 5.19. The molecule has 0 spiro atoms. The summed E-state index contributed by atoms with van der Waals surface area (Å²) in [7, 11) is 4.54. The van der Waals surface area contributed by atoms with E-state index in [9.17, 15) is 4.79 Å². The zero-order valence-corrected chi connectivity index (χ0v) is 15.4. The Bertz CT molecular complexity index is 971. The normalized spacial score (nSPS) is 10.5. The highest BCUT2D eigenvalue weighted by molar-refractivity contribution is 6.32. The summed E-state index contributed by atoms with van der Waals surface area (Å²) in [6.07, 6.45) is 0. The first-order chi connectivity index (χ1) is 12.6. The molecule has 26 heavy (non-hydrogen) atoms. The van der Waals surface area contributed by atoms with E-state index in [1.54, 1.807) is 18.2 Å². The summed E-state index contributed by atoms with van der Waals surface area (Å²) in [5, 5.41) is 5.17. The zero-order chi connectivity index (χ0) is 18.7. The second kappa shape index (κ2) is 7.54. The highest BCUT2D eigenvalue weighted by Crippen LogP contribution is 2.36. The lowest BCUT2D eigenvalue weighted by molar-refractivity contribution is 0.102. The van der Waals surface area contributed by atoms with Gasteiger partial charge < -0.3 is 19.5 Å². The highest BCUT2D eigenvalue weighted by Gasteiger charge is 2.17. The lowest BCUT2D eigenvalue weighted by Crippen LogP contribution is -2.14. The maximum Gasteiger partial charge on any atom is 0.259 e. The first-order valence-electron chi connectivity index (χ1n) is 7.87. The van der Waals surface area contributed by atoms with Crippen LogP contribution in [-0.2, 0) is 0 Å². The first kappa shape index (κ1) is 17.9. The number of ether oxygens (including phenoxy) is 3. The van der Waals surface area contributed by atoms with Crippen LogP contribution < -0.4 is 19.5 Å². The largest absolute Gasteiger partial charge is 0.496 e. The fourth-order valence-corrected chi connectivity index (χ4v) is 2.94. The number of hydrogen-bond acceptors (Lipinski definition) is 4. The molecule has 0 aliphatic carbocycles. The molecule has 6 heteroatoms. The van der Waals surface area contributed by atoms with E-state index in [1.807, 2.05) is 30.3 Å². The number of carbonyl (C=O) groups is 1. The standard InChI is InChI=1S/C20H18ClNO4/c1-24-17-9-13-7-5-4-6-12(13)8-14(17)20(23)22-16-11-18(25-2)15(21)10-19(16)26-3/h4-11H,1-3H3,(H,22,23). The third kappa shape index (κ3) is 3.39. The van der Waals surface area contributed by atoms with Crippen molar-refractivity contribution in [3.63, 3.8) is 0 Å². The monoisotopic (exact) mass is 371 g/mol. The molecule has 1 N–H and O–H groups in total. The molecule has 3 rings (SSSR count). The first-order valence-corrected chi connectivity index (χ1v) is 8.24. The molecule has 0 fully saturated rings. The van der Waals surface area contributed by atoms with Gasteiger partial charge in [0.2, 0.25) is 0 Å². The van der Waals surface area contributed by atoms with Gasteiger partial charge in [-0.15, -0.1) is 0 Å². The summed E-state index contributed by atoms with van der Waals surface area (Å²) in [5.41, 5.74) is 0.871. The van der Waals surface area contributed by atoms with Crippen LogP contribution in [-0.4, -0.2) is 27.2 Å². The van der Waals surface area contributed by atoms with Gasteiger partial charge in [0.05, 0.1) is 37.6 Å². The van der Waals surface area contributed by atoms with E-state index in [0.29, 0.717) is 33.5 Å². The van der Waals surface area contributed by atoms with Gasteiger partial charge in [0, 0.05) is 12.1 Å². The zero-order valence-electron chi connectivity index (χ0n) is 14.6. The van der Waals surface area contributed by atoms with E-state index in [-0.39, 0.29) is 5.91 Å². The fraction of sp³-hybridized carbons (Fsp3) is 0.150. The van der Waals surface area contributed by atoms with E-state index in [4.69, 9.17) is 25.8 Å². The Balaban J connectivity index is 2.01. The van der Waals surface area contributed by atoms with Crippen molar-refractivity contribution in [2.75, 3.05) is 26.6 Å². The van der Waals surface area contributed by atoms with Crippen LogP contribution in [0.4, 0.5) is 5.69 Å². The van der Waals surface area contributed by atoms with Crippen molar-refractivity contribution in [3.05, 3.63) is 59.1 Å². The Morgan fingerprint density at radius 1 is 0.846 bits per heavy atom. The molecule has 0 unspecified atom stereocenters. The molecule has 0 atom stereocenters. The Hall–Kier alpha value is -2.92. The van der Waals surface area contributed by atoms with E-state index in [1.165, 1.54) is 21.3 Å². The van der Waals surface area contributed by atoms with Gasteiger partial charge in [-0.3, -0.25) is 4.79 Å². The van der Waals surface area contributed by atoms with Gasteiger partial charge in [0.1, 0.15) is 17.2 Å². The summed E-state index contributed by atoms with van der Waals surface area (Å²) in [4.78, 5) is 12.9. The summed E-state index contributed by atoms with van der Waals surface area (Å²) in [6.45, 7) is 0. The predicted molar refractivity (Wildman–Crippen MR) is 103 cm³/mol. The molecule has 3 aromatic carbocycles. The lowest BCUT2D eigenvalue weighted by atomic mass is 10.1. The van der Waals surface area contributed by atoms with Crippen LogP contribution in [0.1, 0.15) is 10.4 Å². The number of rotatable bonds is 5. The van der Waals surface area contributed by atoms with E-state index < -0.39 is 0 Å². The molecule has 1 amide bonds. The molecule has 5 nitrogen and oxygen atoms in total. The van der Waals surface area contributed by atoms with Gasteiger partial charge in [-0.25, -0.2) is 0 Å². The van der Waals surface area contributed by atoms with Crippen LogP contribution in [0.3, 0.4) is 0 Å². The van der Waals surface area contributed by atoms with E-state index in [2.05, 4.69) is 5.32 Å². The number of nitrogens with one attached hydrogen (secondary N) is 1. The van der Waals surface area contributed by atoms with Crippen molar-refractivity contribution < 1.29 is 19.0 Å². The van der Waals surface area contributed by atoms with Crippen molar-refractivity contribution >= 4 is 34.0 Å². The van der Waals surface area contributed by atoms with Crippen LogP contribution in [0, 0.1) is 0 Å². The second-order valence-corrected chi connectivity index (χ2v) is 5.95. The smallest absolute Gasteiger partial charge is 0.259 e. The summed E-state index contributed by atoms with van der Waals surface area (Å²) >= 11 is 6.11. The summed E-state index contributed by atoms with van der Waals surface area (Å²) < 4.78 is 15.9. The van der Waals surface area contributed by atoms with Crippen molar-refractivity contribution in [2.24, 2.45) is 0 Å². The molecule has 0 aliphatic heterocycles. The van der Waals surface area contributed by atoms with Crippen LogP contribution >= 0.6 is 11.6 Å². The molecular formula is C20H18ClNO4. The number of carbonyl (C=O) groups excluding carboxylic acids is 1. The molecule has 0 bridgehead atoms. The minimum atomic E-state index is -0.324. The molecule has 0 heterocycles. The molecule has 3 aromatic rings. The van der Waals surface area contributed by atoms with Crippen LogP contribution in [0.15, 0.2) is 48.5 Å². The average molecular weight is 372 g/mol. The molecule has 0 saturated carbocycles. The van der Waals surface area contributed by atoms with E-state index in [0.717, 1.165) is 10.8 Å². The molecule has 0 radical (unpaired) electrons. The number of hydrogen-bond donors (Lipinski definition) is 1. The minimum absolute atomic E-state index is 0.324. The van der Waals surface area contributed by atoms with Gasteiger partial charge in [0.25, 0.3) is 5.91 Å². The minimum Gasteiger partial charge on any atom is -0.496 e. The maximum atomic E-state index is 12.9. The Labute approximate surface area is 156 Å². The number of halogens is 1. The molecule has 134 valence electrons. The van der Waals surface area contributed by atoms with E-state index >= 15 is 0 Å². The van der Waals surface area contributed by atoms with Gasteiger partial charge >= 0.3 is 0 Å². The fourth-order valence-electron chi connectivity index (χ4n) is 2.71. The average Bonchev–Trinajstić information content (AvgIpc) is 2.67. The van der Waals surface area contributed by atoms with Crippen molar-refractivity contribution in [1.29, 1.82) is 0 Å². The molecular weight excluding hydrogens is 354 g/mol. The molecule has 0 aliphatic rings. The number of anilines is 1. The van der Waals surface area contributed by atoms with Gasteiger partial charge in [-0.2, -0.15) is 0 Å². The topological polar surface area (TPSA) is 56.8 Å². The quantitative estimate of drug-likeness (QED) is 0.701. The van der Waals surface area contributed by atoms with Gasteiger partial charge in [0.15, 0.2) is 0 Å². The summed E-state index contributed by atoms with van der Waals surface area (Å²) in [5.74, 6) is 1.04. The Morgan fingerprint density at radius 2 is 1.46 bits per heavy atom. The van der Waals surface area contributed by atoms with Gasteiger partial charge in [-0.1, -0.05) is 35.9 Å². The third-order valence-electron chi connectivity index (χ3n) is 4.03. The predicted octanol–water partition coefficient (Wildman–Crippen LogP) is 4.77. The second-order valence-electron chi connectivity index (χ2n) is 5.54. The number of amides is 1. The lowest BCUT2D eigenvalue weighted by Gasteiger charge is -2.15. The third-order valence-corrected chi connectivity index (χ3v) is 4.33. The number of benzene rings is 3. The Morgan fingerprint density at radius 3 is 2.08 bits per heavy atom. The summed E-state index contributed by atoms with van der Waals surface area (Å²) in [6, 6.07) is 14.6. The highest BCUT2D eigenvalue weighted by atomic mass is 35.5. The number of methoxy groups -OCH3 is 3. The maximum absolute atomic E-state index is 12.9. The number of fused-ring (bicyclic) bond motifs is 1.